The molecule has 0 amide bonds. The van der Waals surface area contributed by atoms with Gasteiger partial charge >= 0.3 is 0 Å². The highest BCUT2D eigenvalue weighted by Gasteiger charge is 2.27. The van der Waals surface area contributed by atoms with Crippen molar-refractivity contribution in [2.24, 2.45) is 11.8 Å². The topological polar surface area (TPSA) is 50.9 Å². The number of nitrogens with two attached hydrogens (primary N) is 1. The fourth-order valence-electron chi connectivity index (χ4n) is 2.87. The van der Waals surface area contributed by atoms with Gasteiger partial charge in [-0.1, -0.05) is 26.7 Å². The minimum absolute atomic E-state index is 0.533. The number of aromatic nitrogens is 1. The molecule has 0 bridgehead atoms. The van der Waals surface area contributed by atoms with Gasteiger partial charge in [-0.15, -0.1) is 0 Å². The Hall–Kier alpha value is -0.770. The van der Waals surface area contributed by atoms with Crippen molar-refractivity contribution < 1.29 is 0 Å². The minimum Gasteiger partial charge on any atom is -0.397 e. The minimum atomic E-state index is 0.533. The fourth-order valence-corrected chi connectivity index (χ4v) is 3.35. The summed E-state index contributed by atoms with van der Waals surface area (Å²) in [4.78, 5) is 4.38. The van der Waals surface area contributed by atoms with Crippen LogP contribution in [-0.4, -0.2) is 11.0 Å². The Balaban J connectivity index is 2.11. The highest BCUT2D eigenvalue weighted by molar-refractivity contribution is 9.10. The van der Waals surface area contributed by atoms with Crippen LogP contribution in [0.4, 0.5) is 11.5 Å². The molecule has 0 radical (unpaired) electrons. The Morgan fingerprint density at radius 2 is 2.11 bits per heavy atom. The summed E-state index contributed by atoms with van der Waals surface area (Å²) in [6.45, 7) is 4.63. The second kappa shape index (κ2) is 5.91. The smallest absolute Gasteiger partial charge is 0.140 e. The van der Waals surface area contributed by atoms with Crippen LogP contribution in [-0.2, 0) is 0 Å². The van der Waals surface area contributed by atoms with Crippen LogP contribution in [0.25, 0.3) is 0 Å². The SMILES string of the molecule is CC(C)C1CCCCC1Nc1ncc(N)cc1Br. The number of nitrogens with zero attached hydrogens (tertiary/aromatic N) is 1. The first-order chi connectivity index (χ1) is 8.58. The molecule has 2 rings (SSSR count). The monoisotopic (exact) mass is 311 g/mol. The summed E-state index contributed by atoms with van der Waals surface area (Å²) < 4.78 is 0.954. The number of rotatable bonds is 3. The number of halogens is 1. The number of nitrogen functional groups attached to an aromatic ring is 1. The summed E-state index contributed by atoms with van der Waals surface area (Å²) in [5.74, 6) is 2.38. The van der Waals surface area contributed by atoms with Crippen LogP contribution in [0, 0.1) is 11.8 Å². The van der Waals surface area contributed by atoms with Crippen LogP contribution in [0.5, 0.6) is 0 Å². The zero-order valence-corrected chi connectivity index (χ0v) is 12.7. The van der Waals surface area contributed by atoms with E-state index < -0.39 is 0 Å². The van der Waals surface area contributed by atoms with E-state index in [-0.39, 0.29) is 0 Å². The van der Waals surface area contributed by atoms with E-state index in [0.29, 0.717) is 11.7 Å². The van der Waals surface area contributed by atoms with Crippen molar-refractivity contribution in [2.75, 3.05) is 11.1 Å². The maximum Gasteiger partial charge on any atom is 0.140 e. The van der Waals surface area contributed by atoms with E-state index in [0.717, 1.165) is 22.1 Å². The van der Waals surface area contributed by atoms with Gasteiger partial charge in [-0.3, -0.25) is 0 Å². The Kier molecular flexibility index (Phi) is 4.49. The van der Waals surface area contributed by atoms with E-state index in [1.54, 1.807) is 6.20 Å². The number of pyridine rings is 1. The van der Waals surface area contributed by atoms with E-state index in [4.69, 9.17) is 5.73 Å². The molecule has 2 atom stereocenters. The van der Waals surface area contributed by atoms with Crippen molar-refractivity contribution >= 4 is 27.4 Å². The molecule has 0 aliphatic heterocycles. The predicted octanol–water partition coefficient (Wildman–Crippen LogP) is 4.05. The summed E-state index contributed by atoms with van der Waals surface area (Å²) in [7, 11) is 0. The molecule has 1 aliphatic rings. The van der Waals surface area contributed by atoms with Crippen molar-refractivity contribution in [1.29, 1.82) is 0 Å². The van der Waals surface area contributed by atoms with Gasteiger partial charge in [0.2, 0.25) is 0 Å². The molecule has 18 heavy (non-hydrogen) atoms. The summed E-state index contributed by atoms with van der Waals surface area (Å²) in [6, 6.07) is 2.44. The van der Waals surface area contributed by atoms with Gasteiger partial charge in [0, 0.05) is 6.04 Å². The summed E-state index contributed by atoms with van der Waals surface area (Å²) >= 11 is 3.53. The van der Waals surface area contributed by atoms with Crippen LogP contribution in [0.15, 0.2) is 16.7 Å². The molecule has 1 aromatic rings. The van der Waals surface area contributed by atoms with Gasteiger partial charge in [0.15, 0.2) is 0 Å². The first-order valence-electron chi connectivity index (χ1n) is 6.75. The van der Waals surface area contributed by atoms with E-state index in [9.17, 15) is 0 Å². The number of hydrogen-bond acceptors (Lipinski definition) is 3. The van der Waals surface area contributed by atoms with Gasteiger partial charge in [0.25, 0.3) is 0 Å². The third-order valence-corrected chi connectivity index (χ3v) is 4.46. The van der Waals surface area contributed by atoms with Crippen LogP contribution < -0.4 is 11.1 Å². The highest BCUT2D eigenvalue weighted by atomic mass is 79.9. The molecule has 3 N–H and O–H groups in total. The lowest BCUT2D eigenvalue weighted by Gasteiger charge is -2.35. The van der Waals surface area contributed by atoms with Gasteiger partial charge < -0.3 is 11.1 Å². The highest BCUT2D eigenvalue weighted by Crippen LogP contribution is 2.33. The molecular weight excluding hydrogens is 290 g/mol. The summed E-state index contributed by atoms with van der Waals surface area (Å²) in [6.07, 6.45) is 6.94. The Morgan fingerprint density at radius 3 is 2.78 bits per heavy atom. The average Bonchev–Trinajstić information content (AvgIpc) is 2.33. The van der Waals surface area contributed by atoms with Crippen molar-refractivity contribution in [3.8, 4) is 0 Å². The molecule has 1 aromatic heterocycles. The molecule has 100 valence electrons. The molecule has 4 heteroatoms. The molecule has 1 saturated carbocycles. The molecule has 1 heterocycles. The lowest BCUT2D eigenvalue weighted by atomic mass is 9.78. The molecule has 1 fully saturated rings. The van der Waals surface area contributed by atoms with Gasteiger partial charge in [-0.25, -0.2) is 4.98 Å². The lowest BCUT2D eigenvalue weighted by molar-refractivity contribution is 0.253. The zero-order chi connectivity index (χ0) is 13.1. The van der Waals surface area contributed by atoms with E-state index >= 15 is 0 Å². The standard InChI is InChI=1S/C14H22BrN3/c1-9(2)11-5-3-4-6-13(11)18-14-12(15)7-10(16)8-17-14/h7-9,11,13H,3-6,16H2,1-2H3,(H,17,18). The summed E-state index contributed by atoms with van der Waals surface area (Å²) in [5, 5.41) is 3.59. The van der Waals surface area contributed by atoms with Gasteiger partial charge in [0.1, 0.15) is 5.82 Å². The third kappa shape index (κ3) is 3.16. The zero-order valence-electron chi connectivity index (χ0n) is 11.1. The fraction of sp³-hybridized carbons (Fsp3) is 0.643. The molecule has 1 aliphatic carbocycles. The molecular formula is C14H22BrN3. The maximum atomic E-state index is 5.72. The van der Waals surface area contributed by atoms with Crippen molar-refractivity contribution in [3.05, 3.63) is 16.7 Å². The Bertz CT molecular complexity index is 406. The third-order valence-electron chi connectivity index (χ3n) is 3.86. The second-order valence-electron chi connectivity index (χ2n) is 5.54. The first kappa shape index (κ1) is 13.7. The summed E-state index contributed by atoms with van der Waals surface area (Å²) in [5.41, 5.74) is 6.41. The van der Waals surface area contributed by atoms with E-state index in [1.165, 1.54) is 25.7 Å². The van der Waals surface area contributed by atoms with Crippen molar-refractivity contribution in [1.82, 2.24) is 4.98 Å². The predicted molar refractivity (Wildman–Crippen MR) is 80.6 cm³/mol. The second-order valence-corrected chi connectivity index (χ2v) is 6.40. The number of hydrogen-bond donors (Lipinski definition) is 2. The van der Waals surface area contributed by atoms with Gasteiger partial charge in [-0.2, -0.15) is 0 Å². The van der Waals surface area contributed by atoms with E-state index in [2.05, 4.69) is 40.1 Å². The Labute approximate surface area is 118 Å². The van der Waals surface area contributed by atoms with Gasteiger partial charge in [-0.05, 0) is 46.7 Å². The maximum absolute atomic E-state index is 5.72. The van der Waals surface area contributed by atoms with Crippen LogP contribution in [0.2, 0.25) is 0 Å². The first-order valence-corrected chi connectivity index (χ1v) is 7.55. The van der Waals surface area contributed by atoms with Crippen LogP contribution in [0.1, 0.15) is 39.5 Å². The molecule has 2 unspecified atom stereocenters. The molecule has 0 spiro atoms. The number of anilines is 2. The van der Waals surface area contributed by atoms with Crippen LogP contribution in [0.3, 0.4) is 0 Å². The lowest BCUT2D eigenvalue weighted by Crippen LogP contribution is -2.35. The van der Waals surface area contributed by atoms with Crippen molar-refractivity contribution in [2.45, 2.75) is 45.6 Å². The average molecular weight is 312 g/mol. The van der Waals surface area contributed by atoms with Crippen LogP contribution >= 0.6 is 15.9 Å². The quantitative estimate of drug-likeness (QED) is 0.885. The molecule has 3 nitrogen and oxygen atoms in total. The van der Waals surface area contributed by atoms with Gasteiger partial charge in [0.05, 0.1) is 16.4 Å². The number of nitrogens with one attached hydrogen (secondary N) is 1. The van der Waals surface area contributed by atoms with E-state index in [1.807, 2.05) is 6.07 Å². The van der Waals surface area contributed by atoms with Crippen molar-refractivity contribution in [3.63, 3.8) is 0 Å². The molecule has 0 aromatic carbocycles. The Morgan fingerprint density at radius 1 is 1.39 bits per heavy atom. The largest absolute Gasteiger partial charge is 0.397 e. The normalized spacial score (nSPS) is 24.2. The molecule has 0 saturated heterocycles.